The normalized spacial score (nSPS) is 11.5. The second kappa shape index (κ2) is 11.0. The zero-order valence-corrected chi connectivity index (χ0v) is 14.6. The molecule has 28 heavy (non-hydrogen) atoms. The Balaban J connectivity index is 0.000000504. The van der Waals surface area contributed by atoms with E-state index in [0.717, 1.165) is 5.56 Å². The van der Waals surface area contributed by atoms with Crippen LogP contribution in [-0.4, -0.2) is 20.9 Å². The van der Waals surface area contributed by atoms with Crippen LogP contribution in [0.25, 0.3) is 4.85 Å². The summed E-state index contributed by atoms with van der Waals surface area (Å²) in [5, 5.41) is 29.3. The molecule has 0 bridgehead atoms. The molecule has 0 aliphatic heterocycles. The van der Waals surface area contributed by atoms with Crippen LogP contribution in [0.5, 0.6) is 0 Å². The van der Waals surface area contributed by atoms with E-state index in [1.807, 2.05) is 0 Å². The van der Waals surface area contributed by atoms with Crippen molar-refractivity contribution < 1.29 is 19.7 Å². The van der Waals surface area contributed by atoms with Crippen molar-refractivity contribution >= 4 is 17.3 Å². The number of hydrogen-bond acceptors (Lipinski definition) is 5. The molecule has 2 aromatic carbocycles. The minimum atomic E-state index is -0.946. The molecule has 9 heteroatoms. The molecule has 0 heterocycles. The Morgan fingerprint density at radius 1 is 0.929 bits per heavy atom. The largest absolute Gasteiger partial charge is 0.481 e. The van der Waals surface area contributed by atoms with E-state index in [-0.39, 0.29) is 24.8 Å². The van der Waals surface area contributed by atoms with Gasteiger partial charge in [0.25, 0.3) is 11.4 Å². The lowest BCUT2D eigenvalue weighted by Crippen LogP contribution is -2.07. The predicted molar refractivity (Wildman–Crippen MR) is 104 cm³/mol. The lowest BCUT2D eigenvalue weighted by atomic mass is 10.0. The molecule has 0 spiro atoms. The first kappa shape index (κ1) is 24.2. The third-order valence-electron chi connectivity index (χ3n) is 3.75. The smallest absolute Gasteiger partial charge is 0.310 e. The Kier molecular flexibility index (Phi) is 9.53. The fraction of sp³-hybridized carbons (Fsp3) is 0.263. The van der Waals surface area contributed by atoms with Gasteiger partial charge in [0.2, 0.25) is 6.04 Å². The van der Waals surface area contributed by atoms with E-state index in [9.17, 15) is 25.0 Å². The molecule has 0 amide bonds. The molecule has 0 aromatic heterocycles. The molecule has 0 saturated carbocycles. The molecule has 0 radical (unpaired) electrons. The molecule has 2 aromatic rings. The second-order valence-corrected chi connectivity index (χ2v) is 5.56. The Bertz CT molecular complexity index is 857. The summed E-state index contributed by atoms with van der Waals surface area (Å²) in [6.07, 6.45) is 0. The van der Waals surface area contributed by atoms with Crippen molar-refractivity contribution in [2.24, 2.45) is 0 Å². The third-order valence-corrected chi connectivity index (χ3v) is 3.75. The van der Waals surface area contributed by atoms with Gasteiger partial charge in [0, 0.05) is 36.8 Å². The molecule has 9 nitrogen and oxygen atoms in total. The number of hydrogen-bond donors (Lipinski definition) is 1. The molecule has 0 fully saturated rings. The number of nitro benzene ring substituents is 2. The summed E-state index contributed by atoms with van der Waals surface area (Å²) in [6, 6.07) is 11.3. The Morgan fingerprint density at radius 3 is 1.57 bits per heavy atom. The van der Waals surface area contributed by atoms with Gasteiger partial charge in [0.05, 0.1) is 15.8 Å². The van der Waals surface area contributed by atoms with Gasteiger partial charge in [-0.15, -0.1) is 0 Å². The first-order valence-electron chi connectivity index (χ1n) is 7.75. The van der Waals surface area contributed by atoms with E-state index in [1.165, 1.54) is 43.3 Å². The lowest BCUT2D eigenvalue weighted by Gasteiger charge is -2.04. The number of carboxylic acid groups (broad SMARTS) is 1. The van der Waals surface area contributed by atoms with Crippen LogP contribution in [0, 0.1) is 26.8 Å². The maximum atomic E-state index is 10.6. The lowest BCUT2D eigenvalue weighted by molar-refractivity contribution is -0.385. The number of carboxylic acids is 1. The van der Waals surface area contributed by atoms with Crippen LogP contribution in [0.3, 0.4) is 0 Å². The number of nitro groups is 2. The monoisotopic (exact) mass is 387 g/mol. The summed E-state index contributed by atoms with van der Waals surface area (Å²) < 4.78 is 0. The highest BCUT2D eigenvalue weighted by molar-refractivity contribution is 5.75. The predicted octanol–water partition coefficient (Wildman–Crippen LogP) is 4.99. The number of nitrogens with zero attached hydrogens (tertiary/aromatic N) is 3. The second-order valence-electron chi connectivity index (χ2n) is 5.56. The summed E-state index contributed by atoms with van der Waals surface area (Å²) in [5.74, 6) is -1.59. The quantitative estimate of drug-likeness (QED) is 0.437. The average Bonchev–Trinajstić information content (AvgIpc) is 2.67. The van der Waals surface area contributed by atoms with Gasteiger partial charge < -0.3 is 9.95 Å². The first-order valence-corrected chi connectivity index (χ1v) is 7.75. The number of non-ortho nitro benzene ring substituents is 2. The molecule has 2 atom stereocenters. The summed E-state index contributed by atoms with van der Waals surface area (Å²) in [5.41, 5.74) is 1.39. The fourth-order valence-corrected chi connectivity index (χ4v) is 1.98. The van der Waals surface area contributed by atoms with Crippen LogP contribution in [0.1, 0.15) is 44.4 Å². The number of benzene rings is 2. The van der Waals surface area contributed by atoms with Gasteiger partial charge in [-0.05, 0) is 24.6 Å². The van der Waals surface area contributed by atoms with Crippen molar-refractivity contribution in [3.8, 4) is 0 Å². The maximum Gasteiger partial charge on any atom is 0.310 e. The highest BCUT2D eigenvalue weighted by Gasteiger charge is 2.14. The third kappa shape index (κ3) is 6.84. The summed E-state index contributed by atoms with van der Waals surface area (Å²) in [6.45, 7) is 10.1. The van der Waals surface area contributed by atoms with Crippen molar-refractivity contribution in [3.05, 3.63) is 91.3 Å². The van der Waals surface area contributed by atoms with Crippen molar-refractivity contribution in [3.63, 3.8) is 0 Å². The van der Waals surface area contributed by atoms with Crippen LogP contribution < -0.4 is 0 Å². The van der Waals surface area contributed by atoms with Crippen LogP contribution in [-0.2, 0) is 4.79 Å². The van der Waals surface area contributed by atoms with Gasteiger partial charge >= 0.3 is 5.97 Å². The summed E-state index contributed by atoms with van der Waals surface area (Å²) in [4.78, 5) is 33.5. The van der Waals surface area contributed by atoms with E-state index >= 15 is 0 Å². The van der Waals surface area contributed by atoms with Gasteiger partial charge in [0.1, 0.15) is 0 Å². The van der Waals surface area contributed by atoms with Crippen LogP contribution >= 0.6 is 0 Å². The van der Waals surface area contributed by atoms with Crippen molar-refractivity contribution in [1.29, 1.82) is 0 Å². The molecule has 2 rings (SSSR count). The van der Waals surface area contributed by atoms with Crippen LogP contribution in [0.4, 0.5) is 11.4 Å². The Hall–Kier alpha value is -3.80. The number of carbonyl (C=O) groups is 1. The highest BCUT2D eigenvalue weighted by atomic mass is 16.6. The Morgan fingerprint density at radius 2 is 1.29 bits per heavy atom. The highest BCUT2D eigenvalue weighted by Crippen LogP contribution is 2.20. The van der Waals surface area contributed by atoms with Crippen molar-refractivity contribution in [2.75, 3.05) is 0 Å². The van der Waals surface area contributed by atoms with Gasteiger partial charge in [-0.2, -0.15) is 0 Å². The van der Waals surface area contributed by atoms with E-state index in [4.69, 9.17) is 11.7 Å². The van der Waals surface area contributed by atoms with Gasteiger partial charge in [-0.25, -0.2) is 6.57 Å². The van der Waals surface area contributed by atoms with E-state index in [2.05, 4.69) is 4.85 Å². The maximum absolute atomic E-state index is 10.6. The zero-order valence-electron chi connectivity index (χ0n) is 14.6. The summed E-state index contributed by atoms with van der Waals surface area (Å²) >= 11 is 0. The molecular formula is C19H21N3O6. The van der Waals surface area contributed by atoms with Crippen LogP contribution in [0.2, 0.25) is 0 Å². The van der Waals surface area contributed by atoms with Gasteiger partial charge in [-0.1, -0.05) is 19.6 Å². The summed E-state index contributed by atoms with van der Waals surface area (Å²) in [7, 11) is 0. The van der Waals surface area contributed by atoms with Crippen molar-refractivity contribution in [1.82, 2.24) is 0 Å². The number of rotatable bonds is 5. The molecule has 0 aliphatic rings. The van der Waals surface area contributed by atoms with Gasteiger partial charge in [0.15, 0.2) is 0 Å². The topological polar surface area (TPSA) is 128 Å². The molecule has 0 saturated heterocycles. The zero-order chi connectivity index (χ0) is 20.6. The van der Waals surface area contributed by atoms with Gasteiger partial charge in [-0.3, -0.25) is 25.0 Å². The fourth-order valence-electron chi connectivity index (χ4n) is 1.98. The molecule has 2 unspecified atom stereocenters. The molecular weight excluding hydrogens is 366 g/mol. The first-order chi connectivity index (χ1) is 12.7. The molecule has 148 valence electrons. The average molecular weight is 387 g/mol. The van der Waals surface area contributed by atoms with Crippen LogP contribution in [0.15, 0.2) is 48.5 Å². The minimum absolute atomic E-state index is 0. The standard InChI is InChI=1S/C9H8N2O2.C9H9NO4.CH4/c1-7(10-2)8-3-5-9(6-4-8)11(12)13;1-6(9(11)12)7-2-4-8(5-3-7)10(13)14;/h3-7H,1H3;2-6H,1H3,(H,11,12);1H4. The van der Waals surface area contributed by atoms with Crippen molar-refractivity contribution in [2.45, 2.75) is 33.2 Å². The minimum Gasteiger partial charge on any atom is -0.481 e. The van der Waals surface area contributed by atoms with E-state index in [0.29, 0.717) is 5.56 Å². The SMILES string of the molecule is C.CC(C(=O)O)c1ccc([N+](=O)[O-])cc1.[C-]#[N+]C(C)c1ccc([N+](=O)[O-])cc1. The molecule has 0 aliphatic carbocycles. The van der Waals surface area contributed by atoms with E-state index in [1.54, 1.807) is 19.1 Å². The Labute approximate surface area is 162 Å². The van der Waals surface area contributed by atoms with E-state index < -0.39 is 21.7 Å². The molecule has 1 N–H and O–H groups in total. The number of aliphatic carboxylic acids is 1.